The molecule has 3 heterocycles. The topological polar surface area (TPSA) is 72.5 Å². The SMILES string of the molecule is Cc1nnc(CN=C(NCC2CCCO2)N(C)Cc2cccn2C)n1C. The van der Waals surface area contributed by atoms with E-state index in [-0.39, 0.29) is 6.10 Å². The minimum atomic E-state index is 0.265. The molecule has 1 saturated heterocycles. The number of hydrogen-bond donors (Lipinski definition) is 1. The second-order valence-electron chi connectivity index (χ2n) is 6.84. The molecule has 1 aliphatic rings. The first-order valence-corrected chi connectivity index (χ1v) is 9.10. The van der Waals surface area contributed by atoms with E-state index in [1.54, 1.807) is 0 Å². The van der Waals surface area contributed by atoms with E-state index >= 15 is 0 Å². The van der Waals surface area contributed by atoms with Gasteiger partial charge in [0.1, 0.15) is 12.4 Å². The summed E-state index contributed by atoms with van der Waals surface area (Å²) in [6, 6.07) is 4.18. The van der Waals surface area contributed by atoms with Gasteiger partial charge in [-0.2, -0.15) is 0 Å². The molecule has 1 fully saturated rings. The zero-order valence-electron chi connectivity index (χ0n) is 16.1. The number of ether oxygens (including phenoxy) is 1. The highest BCUT2D eigenvalue weighted by molar-refractivity contribution is 5.79. The minimum Gasteiger partial charge on any atom is -0.376 e. The van der Waals surface area contributed by atoms with E-state index in [1.165, 1.54) is 5.69 Å². The van der Waals surface area contributed by atoms with E-state index in [9.17, 15) is 0 Å². The van der Waals surface area contributed by atoms with Crippen LogP contribution in [0.5, 0.6) is 0 Å². The summed E-state index contributed by atoms with van der Waals surface area (Å²) in [6.07, 6.45) is 4.56. The maximum Gasteiger partial charge on any atom is 0.194 e. The third-order valence-electron chi connectivity index (χ3n) is 4.88. The Labute approximate surface area is 154 Å². The Morgan fingerprint density at radius 1 is 1.42 bits per heavy atom. The van der Waals surface area contributed by atoms with Crippen LogP contribution in [0.2, 0.25) is 0 Å². The van der Waals surface area contributed by atoms with Crippen molar-refractivity contribution >= 4 is 5.96 Å². The molecule has 1 atom stereocenters. The Morgan fingerprint density at radius 2 is 2.27 bits per heavy atom. The van der Waals surface area contributed by atoms with Crippen LogP contribution in [0, 0.1) is 6.92 Å². The average molecular weight is 359 g/mol. The van der Waals surface area contributed by atoms with Crippen LogP contribution in [0.4, 0.5) is 0 Å². The predicted molar refractivity (Wildman–Crippen MR) is 101 cm³/mol. The number of guanidine groups is 1. The number of aliphatic imine (C=N–C) groups is 1. The molecule has 8 nitrogen and oxygen atoms in total. The van der Waals surface area contributed by atoms with Gasteiger partial charge in [-0.1, -0.05) is 0 Å². The second-order valence-corrected chi connectivity index (χ2v) is 6.84. The normalized spacial score (nSPS) is 17.7. The van der Waals surface area contributed by atoms with Gasteiger partial charge in [0.05, 0.1) is 12.6 Å². The van der Waals surface area contributed by atoms with Gasteiger partial charge in [0.25, 0.3) is 0 Å². The lowest BCUT2D eigenvalue weighted by atomic mass is 10.2. The van der Waals surface area contributed by atoms with Crippen LogP contribution in [-0.4, -0.2) is 56.5 Å². The van der Waals surface area contributed by atoms with Crippen molar-refractivity contribution in [1.29, 1.82) is 0 Å². The quantitative estimate of drug-likeness (QED) is 0.620. The highest BCUT2D eigenvalue weighted by atomic mass is 16.5. The highest BCUT2D eigenvalue weighted by Crippen LogP contribution is 2.11. The van der Waals surface area contributed by atoms with Crippen LogP contribution in [0.15, 0.2) is 23.3 Å². The van der Waals surface area contributed by atoms with Gasteiger partial charge in [0, 0.05) is 46.2 Å². The van der Waals surface area contributed by atoms with Gasteiger partial charge >= 0.3 is 0 Å². The first kappa shape index (κ1) is 18.4. The molecule has 0 aromatic carbocycles. The molecule has 2 aromatic rings. The molecule has 0 aliphatic carbocycles. The largest absolute Gasteiger partial charge is 0.376 e. The van der Waals surface area contributed by atoms with Crippen molar-refractivity contribution in [2.24, 2.45) is 19.1 Å². The summed E-state index contributed by atoms with van der Waals surface area (Å²) in [5, 5.41) is 11.8. The van der Waals surface area contributed by atoms with E-state index in [4.69, 9.17) is 9.73 Å². The van der Waals surface area contributed by atoms with Crippen molar-refractivity contribution < 1.29 is 4.74 Å². The van der Waals surface area contributed by atoms with Gasteiger partial charge in [-0.25, -0.2) is 4.99 Å². The van der Waals surface area contributed by atoms with E-state index in [0.29, 0.717) is 6.54 Å². The molecule has 1 unspecified atom stereocenters. The van der Waals surface area contributed by atoms with E-state index < -0.39 is 0 Å². The smallest absolute Gasteiger partial charge is 0.194 e. The molecule has 2 aromatic heterocycles. The van der Waals surface area contributed by atoms with E-state index in [0.717, 1.165) is 50.1 Å². The van der Waals surface area contributed by atoms with Crippen molar-refractivity contribution in [3.63, 3.8) is 0 Å². The molecule has 0 radical (unpaired) electrons. The lowest BCUT2D eigenvalue weighted by molar-refractivity contribution is 0.113. The Hall–Kier alpha value is -2.35. The standard InChI is InChI=1S/C18H29N7O/c1-14-21-22-17(25(14)4)12-20-18(19-11-16-8-6-10-26-16)24(3)13-15-7-5-9-23(15)2/h5,7,9,16H,6,8,10-13H2,1-4H3,(H,19,20). The summed E-state index contributed by atoms with van der Waals surface area (Å²) in [4.78, 5) is 6.91. The minimum absolute atomic E-state index is 0.265. The van der Waals surface area contributed by atoms with Crippen molar-refractivity contribution in [2.45, 2.75) is 39.0 Å². The molecule has 3 rings (SSSR count). The van der Waals surface area contributed by atoms with E-state index in [1.807, 2.05) is 18.5 Å². The van der Waals surface area contributed by atoms with Gasteiger partial charge in [-0.05, 0) is 31.9 Å². The number of aryl methyl sites for hydroxylation is 2. The number of nitrogens with zero attached hydrogens (tertiary/aromatic N) is 6. The summed E-state index contributed by atoms with van der Waals surface area (Å²) in [6.45, 7) is 4.84. The lowest BCUT2D eigenvalue weighted by Crippen LogP contribution is -2.42. The number of hydrogen-bond acceptors (Lipinski definition) is 4. The number of aromatic nitrogens is 4. The van der Waals surface area contributed by atoms with Crippen molar-refractivity contribution in [3.8, 4) is 0 Å². The van der Waals surface area contributed by atoms with Crippen molar-refractivity contribution in [3.05, 3.63) is 35.7 Å². The van der Waals surface area contributed by atoms with Crippen LogP contribution in [0.25, 0.3) is 0 Å². The van der Waals surface area contributed by atoms with Crippen LogP contribution < -0.4 is 5.32 Å². The highest BCUT2D eigenvalue weighted by Gasteiger charge is 2.17. The van der Waals surface area contributed by atoms with Crippen LogP contribution in [0.3, 0.4) is 0 Å². The zero-order chi connectivity index (χ0) is 18.5. The second kappa shape index (κ2) is 8.35. The van der Waals surface area contributed by atoms with Crippen LogP contribution >= 0.6 is 0 Å². The lowest BCUT2D eigenvalue weighted by Gasteiger charge is -2.24. The number of rotatable bonds is 6. The zero-order valence-corrected chi connectivity index (χ0v) is 16.1. The molecule has 0 amide bonds. The molecular formula is C18H29N7O. The van der Waals surface area contributed by atoms with E-state index in [2.05, 4.69) is 57.4 Å². The maximum atomic E-state index is 5.73. The third kappa shape index (κ3) is 4.43. The first-order valence-electron chi connectivity index (χ1n) is 9.10. The summed E-state index contributed by atoms with van der Waals surface area (Å²) < 4.78 is 9.82. The van der Waals surface area contributed by atoms with Gasteiger partial charge in [0.15, 0.2) is 11.8 Å². The van der Waals surface area contributed by atoms with Gasteiger partial charge in [-0.3, -0.25) is 0 Å². The fraction of sp³-hybridized carbons (Fsp3) is 0.611. The van der Waals surface area contributed by atoms with Crippen LogP contribution in [0.1, 0.15) is 30.2 Å². The Bertz CT molecular complexity index is 743. The predicted octanol–water partition coefficient (Wildman–Crippen LogP) is 1.22. The van der Waals surface area contributed by atoms with Gasteiger partial charge in [0.2, 0.25) is 0 Å². The summed E-state index contributed by atoms with van der Waals surface area (Å²) >= 11 is 0. The monoisotopic (exact) mass is 359 g/mol. The molecule has 26 heavy (non-hydrogen) atoms. The molecule has 0 saturated carbocycles. The molecule has 1 N–H and O–H groups in total. The molecule has 142 valence electrons. The van der Waals surface area contributed by atoms with Crippen molar-refractivity contribution in [1.82, 2.24) is 29.5 Å². The fourth-order valence-corrected chi connectivity index (χ4v) is 3.03. The van der Waals surface area contributed by atoms with Crippen molar-refractivity contribution in [2.75, 3.05) is 20.2 Å². The van der Waals surface area contributed by atoms with Gasteiger partial charge in [-0.15, -0.1) is 10.2 Å². The van der Waals surface area contributed by atoms with Gasteiger partial charge < -0.3 is 24.1 Å². The molecule has 0 bridgehead atoms. The molecular weight excluding hydrogens is 330 g/mol. The first-order chi connectivity index (χ1) is 12.5. The summed E-state index contributed by atoms with van der Waals surface area (Å²) in [5.41, 5.74) is 1.23. The average Bonchev–Trinajstić information content (AvgIpc) is 3.34. The summed E-state index contributed by atoms with van der Waals surface area (Å²) in [5.74, 6) is 2.59. The molecule has 1 aliphatic heterocycles. The Balaban J connectivity index is 1.70. The number of nitrogens with one attached hydrogen (secondary N) is 1. The Morgan fingerprint density at radius 3 is 2.88 bits per heavy atom. The molecule has 0 spiro atoms. The Kier molecular flexibility index (Phi) is 5.92. The third-order valence-corrected chi connectivity index (χ3v) is 4.88. The molecule has 8 heteroatoms. The fourth-order valence-electron chi connectivity index (χ4n) is 3.03. The van der Waals surface area contributed by atoms with Crippen LogP contribution in [-0.2, 0) is 31.9 Å². The maximum absolute atomic E-state index is 5.73. The summed E-state index contributed by atoms with van der Waals surface area (Å²) in [7, 11) is 6.08.